The first-order chi connectivity index (χ1) is 15.7. The van der Waals surface area contributed by atoms with Crippen LogP contribution in [0.4, 0.5) is 11.4 Å². The number of thiazole rings is 1. The Morgan fingerprint density at radius 1 is 1.09 bits per heavy atom. The summed E-state index contributed by atoms with van der Waals surface area (Å²) in [6, 6.07) is 15.7. The molecule has 7 nitrogen and oxygen atoms in total. The van der Waals surface area contributed by atoms with Crippen molar-refractivity contribution in [1.29, 1.82) is 0 Å². The Morgan fingerprint density at radius 2 is 1.97 bits per heavy atom. The molecule has 164 valence electrons. The SMILES string of the molecule is O=C1COc2ccc(-c3csc(=Nc4ccccc4)n3CCCN3CCCC3=O)cc2N1. The van der Waals surface area contributed by atoms with Crippen LogP contribution < -0.4 is 14.9 Å². The lowest BCUT2D eigenvalue weighted by molar-refractivity contribution is -0.127. The molecule has 2 amide bonds. The number of nitrogens with zero attached hydrogens (tertiary/aromatic N) is 3. The normalized spacial score (nSPS) is 16.1. The second-order valence-electron chi connectivity index (χ2n) is 7.89. The summed E-state index contributed by atoms with van der Waals surface area (Å²) < 4.78 is 7.70. The van der Waals surface area contributed by atoms with E-state index in [1.54, 1.807) is 11.3 Å². The molecule has 1 saturated heterocycles. The van der Waals surface area contributed by atoms with Crippen molar-refractivity contribution in [3.8, 4) is 17.0 Å². The van der Waals surface area contributed by atoms with Gasteiger partial charge in [0.1, 0.15) is 5.75 Å². The summed E-state index contributed by atoms with van der Waals surface area (Å²) >= 11 is 1.58. The molecule has 32 heavy (non-hydrogen) atoms. The Balaban J connectivity index is 1.48. The standard InChI is InChI=1S/C24H24N4O3S/c29-22-15-31-21-10-9-17(14-19(21)26-22)20-16-32-24(25-18-6-2-1-3-7-18)28(20)13-5-12-27-11-4-8-23(27)30/h1-3,6-7,9-10,14,16H,4-5,8,11-13,15H2,(H,26,29). The van der Waals surface area contributed by atoms with Gasteiger partial charge in [0.05, 0.1) is 17.1 Å². The highest BCUT2D eigenvalue weighted by Gasteiger charge is 2.20. The smallest absolute Gasteiger partial charge is 0.262 e. The molecule has 0 unspecified atom stereocenters. The van der Waals surface area contributed by atoms with Crippen LogP contribution in [0.15, 0.2) is 58.9 Å². The van der Waals surface area contributed by atoms with Crippen LogP contribution >= 0.6 is 11.3 Å². The zero-order chi connectivity index (χ0) is 21.9. The molecule has 0 aliphatic carbocycles. The zero-order valence-electron chi connectivity index (χ0n) is 17.6. The van der Waals surface area contributed by atoms with Gasteiger partial charge in [0, 0.05) is 37.0 Å². The van der Waals surface area contributed by atoms with Crippen molar-refractivity contribution in [3.05, 3.63) is 58.7 Å². The van der Waals surface area contributed by atoms with E-state index >= 15 is 0 Å². The van der Waals surface area contributed by atoms with Gasteiger partial charge in [0.2, 0.25) is 5.91 Å². The molecular formula is C24H24N4O3S. The maximum absolute atomic E-state index is 12.0. The van der Waals surface area contributed by atoms with E-state index in [2.05, 4.69) is 15.3 Å². The third kappa shape index (κ3) is 4.31. The lowest BCUT2D eigenvalue weighted by Gasteiger charge is -2.19. The van der Waals surface area contributed by atoms with Crippen LogP contribution in [-0.2, 0) is 16.1 Å². The molecule has 3 aromatic rings. The summed E-state index contributed by atoms with van der Waals surface area (Å²) in [6.07, 6.45) is 2.46. The highest BCUT2D eigenvalue weighted by Crippen LogP contribution is 2.33. The van der Waals surface area contributed by atoms with Crippen molar-refractivity contribution in [3.63, 3.8) is 0 Å². The third-order valence-electron chi connectivity index (χ3n) is 5.67. The van der Waals surface area contributed by atoms with E-state index in [1.165, 1.54) is 0 Å². The monoisotopic (exact) mass is 448 g/mol. The van der Waals surface area contributed by atoms with Crippen molar-refractivity contribution >= 4 is 34.5 Å². The van der Waals surface area contributed by atoms with Crippen LogP contribution in [0.1, 0.15) is 19.3 Å². The first-order valence-corrected chi connectivity index (χ1v) is 11.7. The van der Waals surface area contributed by atoms with Gasteiger partial charge in [-0.15, -0.1) is 11.3 Å². The van der Waals surface area contributed by atoms with Gasteiger partial charge in [-0.2, -0.15) is 0 Å². The molecule has 5 rings (SSSR count). The minimum absolute atomic E-state index is 0.0418. The van der Waals surface area contributed by atoms with Crippen LogP contribution in [0.3, 0.4) is 0 Å². The van der Waals surface area contributed by atoms with Crippen molar-refractivity contribution in [2.24, 2.45) is 4.99 Å². The summed E-state index contributed by atoms with van der Waals surface area (Å²) in [7, 11) is 0. The summed E-state index contributed by atoms with van der Waals surface area (Å²) in [5.74, 6) is 0.778. The van der Waals surface area contributed by atoms with E-state index in [0.717, 1.165) is 54.2 Å². The number of fused-ring (bicyclic) bond motifs is 1. The Hall–Kier alpha value is -3.39. The van der Waals surface area contributed by atoms with Gasteiger partial charge in [-0.1, -0.05) is 18.2 Å². The fraction of sp³-hybridized carbons (Fsp3) is 0.292. The largest absolute Gasteiger partial charge is 0.482 e. The van der Waals surface area contributed by atoms with Crippen molar-refractivity contribution in [2.45, 2.75) is 25.8 Å². The number of carbonyl (C=O) groups is 2. The minimum Gasteiger partial charge on any atom is -0.482 e. The van der Waals surface area contributed by atoms with Crippen LogP contribution in [0, 0.1) is 0 Å². The molecule has 1 N–H and O–H groups in total. The van der Waals surface area contributed by atoms with E-state index in [1.807, 2.05) is 53.4 Å². The summed E-state index contributed by atoms with van der Waals surface area (Å²) in [5.41, 5.74) is 3.59. The average Bonchev–Trinajstić information content (AvgIpc) is 3.40. The van der Waals surface area contributed by atoms with Gasteiger partial charge in [-0.25, -0.2) is 4.99 Å². The molecule has 1 aromatic heterocycles. The summed E-state index contributed by atoms with van der Waals surface area (Å²) in [6.45, 7) is 2.39. The van der Waals surface area contributed by atoms with Gasteiger partial charge >= 0.3 is 0 Å². The van der Waals surface area contributed by atoms with E-state index in [-0.39, 0.29) is 18.4 Å². The molecule has 0 radical (unpaired) electrons. The molecule has 0 spiro atoms. The first-order valence-electron chi connectivity index (χ1n) is 10.8. The van der Waals surface area contributed by atoms with E-state index in [9.17, 15) is 9.59 Å². The molecule has 8 heteroatoms. The van der Waals surface area contributed by atoms with E-state index < -0.39 is 0 Å². The van der Waals surface area contributed by atoms with Gasteiger partial charge in [-0.3, -0.25) is 9.59 Å². The summed E-state index contributed by atoms with van der Waals surface area (Å²) in [4.78, 5) is 31.4. The number of nitrogens with one attached hydrogen (secondary N) is 1. The van der Waals surface area contributed by atoms with Gasteiger partial charge in [-0.05, 0) is 43.2 Å². The maximum atomic E-state index is 12.0. The van der Waals surface area contributed by atoms with Gasteiger partial charge < -0.3 is 19.5 Å². The highest BCUT2D eigenvalue weighted by molar-refractivity contribution is 7.07. The number of likely N-dealkylation sites (tertiary alicyclic amines) is 1. The molecule has 0 atom stereocenters. The second kappa shape index (κ2) is 9.00. The van der Waals surface area contributed by atoms with Gasteiger partial charge in [0.15, 0.2) is 11.4 Å². The Morgan fingerprint density at radius 3 is 2.78 bits per heavy atom. The Labute approximate surface area is 190 Å². The number of ether oxygens (including phenoxy) is 1. The number of anilines is 1. The average molecular weight is 449 g/mol. The van der Waals surface area contributed by atoms with E-state index in [0.29, 0.717) is 17.9 Å². The molecule has 3 heterocycles. The predicted molar refractivity (Wildman–Crippen MR) is 124 cm³/mol. The molecular weight excluding hydrogens is 424 g/mol. The van der Waals surface area contributed by atoms with Crippen LogP contribution in [-0.4, -0.2) is 41.0 Å². The highest BCUT2D eigenvalue weighted by atomic mass is 32.1. The Kier molecular flexibility index (Phi) is 5.77. The second-order valence-corrected chi connectivity index (χ2v) is 8.72. The third-order valence-corrected chi connectivity index (χ3v) is 6.53. The van der Waals surface area contributed by atoms with Crippen molar-refractivity contribution in [2.75, 3.05) is 25.0 Å². The molecule has 0 bridgehead atoms. The van der Waals surface area contributed by atoms with Gasteiger partial charge in [0.25, 0.3) is 5.91 Å². The fourth-order valence-electron chi connectivity index (χ4n) is 4.08. The Bertz CT molecular complexity index is 1220. The lowest BCUT2D eigenvalue weighted by Crippen LogP contribution is -2.27. The number of aromatic nitrogens is 1. The number of carbonyl (C=O) groups excluding carboxylic acids is 2. The molecule has 2 aromatic carbocycles. The molecule has 0 saturated carbocycles. The number of amides is 2. The lowest BCUT2D eigenvalue weighted by atomic mass is 10.1. The van der Waals surface area contributed by atoms with Crippen LogP contribution in [0.2, 0.25) is 0 Å². The molecule has 1 fully saturated rings. The van der Waals surface area contributed by atoms with Crippen molar-refractivity contribution in [1.82, 2.24) is 9.47 Å². The molecule has 2 aliphatic rings. The predicted octanol–water partition coefficient (Wildman–Crippen LogP) is 3.79. The first kappa shape index (κ1) is 20.5. The minimum atomic E-state index is -0.150. The van der Waals surface area contributed by atoms with E-state index in [4.69, 9.17) is 9.73 Å². The zero-order valence-corrected chi connectivity index (χ0v) is 18.4. The van der Waals surface area contributed by atoms with Crippen LogP contribution in [0.25, 0.3) is 11.3 Å². The number of para-hydroxylation sites is 1. The number of hydrogen-bond donors (Lipinski definition) is 1. The topological polar surface area (TPSA) is 75.9 Å². The number of hydrogen-bond acceptors (Lipinski definition) is 5. The number of benzene rings is 2. The summed E-state index contributed by atoms with van der Waals surface area (Å²) in [5, 5.41) is 4.98. The number of rotatable bonds is 6. The molecule has 2 aliphatic heterocycles. The van der Waals surface area contributed by atoms with Crippen LogP contribution in [0.5, 0.6) is 5.75 Å². The maximum Gasteiger partial charge on any atom is 0.262 e. The quantitative estimate of drug-likeness (QED) is 0.623. The fourth-order valence-corrected chi connectivity index (χ4v) is 5.04. The van der Waals surface area contributed by atoms with Crippen molar-refractivity contribution < 1.29 is 14.3 Å².